The zero-order chi connectivity index (χ0) is 14.4. The number of rotatable bonds is 5. The maximum Gasteiger partial charge on any atom is 0.231 e. The Morgan fingerprint density at radius 2 is 2.10 bits per heavy atom. The molecular formula is C14H18FN3O2. The van der Waals surface area contributed by atoms with Crippen LogP contribution >= 0.6 is 0 Å². The van der Waals surface area contributed by atoms with Gasteiger partial charge in [0, 0.05) is 33.3 Å². The van der Waals surface area contributed by atoms with Gasteiger partial charge in [0.1, 0.15) is 18.2 Å². The second kappa shape index (κ2) is 7.08. The summed E-state index contributed by atoms with van der Waals surface area (Å²) in [4.78, 5) is 5.27. The molecule has 0 aliphatic carbocycles. The van der Waals surface area contributed by atoms with Crippen LogP contribution in [0.25, 0.3) is 4.85 Å². The van der Waals surface area contributed by atoms with Crippen LogP contribution in [-0.2, 0) is 4.74 Å². The van der Waals surface area contributed by atoms with Crippen molar-refractivity contribution in [3.63, 3.8) is 0 Å². The van der Waals surface area contributed by atoms with Gasteiger partial charge in [0.05, 0.1) is 18.9 Å². The van der Waals surface area contributed by atoms with E-state index in [-0.39, 0.29) is 11.5 Å². The highest BCUT2D eigenvalue weighted by Gasteiger charge is 2.18. The third kappa shape index (κ3) is 3.38. The van der Waals surface area contributed by atoms with Gasteiger partial charge in [-0.2, -0.15) is 0 Å². The van der Waals surface area contributed by atoms with Crippen molar-refractivity contribution < 1.29 is 13.9 Å². The molecule has 5 nitrogen and oxygen atoms in total. The monoisotopic (exact) mass is 279 g/mol. The van der Waals surface area contributed by atoms with Gasteiger partial charge in [0.15, 0.2) is 0 Å². The van der Waals surface area contributed by atoms with Gasteiger partial charge in [0.2, 0.25) is 5.69 Å². The Balaban J connectivity index is 2.23. The van der Waals surface area contributed by atoms with Crippen LogP contribution in [0.3, 0.4) is 0 Å². The van der Waals surface area contributed by atoms with Crippen molar-refractivity contribution in [2.45, 2.75) is 0 Å². The molecule has 1 aliphatic heterocycles. The predicted octanol–water partition coefficient (Wildman–Crippen LogP) is 1.81. The van der Waals surface area contributed by atoms with Gasteiger partial charge in [0.25, 0.3) is 0 Å². The predicted molar refractivity (Wildman–Crippen MR) is 75.1 cm³/mol. The van der Waals surface area contributed by atoms with Crippen LogP contribution in [0.1, 0.15) is 0 Å². The number of methoxy groups -OCH3 is 1. The van der Waals surface area contributed by atoms with Crippen LogP contribution in [0.15, 0.2) is 12.1 Å². The van der Waals surface area contributed by atoms with Crippen molar-refractivity contribution in [2.24, 2.45) is 0 Å². The van der Waals surface area contributed by atoms with E-state index < -0.39 is 0 Å². The first-order valence-corrected chi connectivity index (χ1v) is 6.54. The van der Waals surface area contributed by atoms with Crippen molar-refractivity contribution in [3.8, 4) is 5.75 Å². The number of hydrogen-bond donors (Lipinski definition) is 1. The van der Waals surface area contributed by atoms with Crippen molar-refractivity contribution >= 4 is 11.4 Å². The lowest BCUT2D eigenvalue weighted by atomic mass is 10.2. The standard InChI is InChI=1S/C14H18FN3O2/c1-16-12-9-11(15)13(18-5-3-17-4-6-18)10-14(12)20-8-7-19-2/h9-10,17H,3-8H2,2H3. The fourth-order valence-electron chi connectivity index (χ4n) is 2.12. The minimum Gasteiger partial charge on any atom is -0.502 e. The van der Waals surface area contributed by atoms with Crippen molar-refractivity contribution in [1.29, 1.82) is 0 Å². The van der Waals surface area contributed by atoms with E-state index in [0.717, 1.165) is 26.2 Å². The SMILES string of the molecule is [C-]#[N+]c1cc(F)c(N2CCNCC2)cc1OCCOC. The van der Waals surface area contributed by atoms with E-state index in [0.29, 0.717) is 24.7 Å². The smallest absolute Gasteiger partial charge is 0.231 e. The van der Waals surface area contributed by atoms with E-state index in [1.165, 1.54) is 6.07 Å². The third-order valence-corrected chi connectivity index (χ3v) is 3.15. The van der Waals surface area contributed by atoms with Crippen LogP contribution in [0.2, 0.25) is 0 Å². The fourth-order valence-corrected chi connectivity index (χ4v) is 2.12. The molecule has 0 unspecified atom stereocenters. The number of halogens is 1. The lowest BCUT2D eigenvalue weighted by Crippen LogP contribution is -2.43. The second-order valence-corrected chi connectivity index (χ2v) is 4.46. The molecule has 0 bridgehead atoms. The summed E-state index contributed by atoms with van der Waals surface area (Å²) in [5.74, 6) is 0.0315. The topological polar surface area (TPSA) is 38.1 Å². The van der Waals surface area contributed by atoms with Crippen molar-refractivity contribution in [3.05, 3.63) is 29.4 Å². The van der Waals surface area contributed by atoms with Gasteiger partial charge in [-0.15, -0.1) is 0 Å². The lowest BCUT2D eigenvalue weighted by Gasteiger charge is -2.30. The summed E-state index contributed by atoms with van der Waals surface area (Å²) in [5.41, 5.74) is 0.684. The summed E-state index contributed by atoms with van der Waals surface area (Å²) in [6.07, 6.45) is 0. The highest BCUT2D eigenvalue weighted by Crippen LogP contribution is 2.35. The first kappa shape index (κ1) is 14.6. The maximum atomic E-state index is 14.1. The Labute approximate surface area is 118 Å². The van der Waals surface area contributed by atoms with Gasteiger partial charge in [-0.1, -0.05) is 0 Å². The van der Waals surface area contributed by atoms with E-state index in [1.807, 2.05) is 4.90 Å². The molecule has 0 aromatic heterocycles. The molecule has 1 saturated heterocycles. The van der Waals surface area contributed by atoms with Gasteiger partial charge >= 0.3 is 0 Å². The Hall–Kier alpha value is -1.84. The largest absolute Gasteiger partial charge is 0.502 e. The maximum absolute atomic E-state index is 14.1. The number of nitrogens with zero attached hydrogens (tertiary/aromatic N) is 2. The van der Waals surface area contributed by atoms with Crippen LogP contribution < -0.4 is 15.0 Å². The van der Waals surface area contributed by atoms with Gasteiger partial charge in [-0.25, -0.2) is 9.24 Å². The molecule has 108 valence electrons. The highest BCUT2D eigenvalue weighted by atomic mass is 19.1. The van der Waals surface area contributed by atoms with Crippen molar-refractivity contribution in [2.75, 3.05) is 51.4 Å². The molecule has 1 heterocycles. The summed E-state index contributed by atoms with van der Waals surface area (Å²) in [6.45, 7) is 11.0. The minimum atomic E-state index is -0.378. The normalized spacial score (nSPS) is 14.9. The van der Waals surface area contributed by atoms with Crippen LogP contribution in [0, 0.1) is 12.4 Å². The summed E-state index contributed by atoms with van der Waals surface area (Å²) in [7, 11) is 1.58. The Bertz CT molecular complexity index is 496. The molecule has 0 amide bonds. The van der Waals surface area contributed by atoms with E-state index in [1.54, 1.807) is 13.2 Å². The molecule has 1 N–H and O–H groups in total. The van der Waals surface area contributed by atoms with Gasteiger partial charge < -0.3 is 19.7 Å². The molecule has 0 spiro atoms. The third-order valence-electron chi connectivity index (χ3n) is 3.15. The summed E-state index contributed by atoms with van der Waals surface area (Å²) in [5, 5.41) is 3.22. The molecule has 6 heteroatoms. The number of piperazine rings is 1. The van der Waals surface area contributed by atoms with Crippen LogP contribution in [-0.4, -0.2) is 46.5 Å². The molecule has 1 aromatic rings. The molecule has 0 atom stereocenters. The van der Waals surface area contributed by atoms with E-state index in [9.17, 15) is 4.39 Å². The molecule has 1 aromatic carbocycles. The molecule has 0 saturated carbocycles. The van der Waals surface area contributed by atoms with Gasteiger partial charge in [-0.05, 0) is 12.1 Å². The molecule has 0 radical (unpaired) electrons. The highest BCUT2D eigenvalue weighted by molar-refractivity contribution is 5.66. The zero-order valence-corrected chi connectivity index (χ0v) is 11.5. The van der Waals surface area contributed by atoms with Crippen LogP contribution in [0.4, 0.5) is 15.8 Å². The van der Waals surface area contributed by atoms with Gasteiger partial charge in [-0.3, -0.25) is 0 Å². The van der Waals surface area contributed by atoms with E-state index in [2.05, 4.69) is 10.2 Å². The number of nitrogens with one attached hydrogen (secondary N) is 1. The summed E-state index contributed by atoms with van der Waals surface area (Å²) < 4.78 is 24.5. The molecule has 1 aliphatic rings. The molecule has 1 fully saturated rings. The zero-order valence-electron chi connectivity index (χ0n) is 11.5. The van der Waals surface area contributed by atoms with E-state index >= 15 is 0 Å². The fraction of sp³-hybridized carbons (Fsp3) is 0.500. The number of anilines is 1. The first-order valence-electron chi connectivity index (χ1n) is 6.54. The molecular weight excluding hydrogens is 261 g/mol. The number of ether oxygens (including phenoxy) is 2. The average molecular weight is 279 g/mol. The lowest BCUT2D eigenvalue weighted by molar-refractivity contribution is 0.147. The Morgan fingerprint density at radius 3 is 2.75 bits per heavy atom. The van der Waals surface area contributed by atoms with E-state index in [4.69, 9.17) is 16.0 Å². The average Bonchev–Trinajstić information content (AvgIpc) is 2.49. The molecule has 20 heavy (non-hydrogen) atoms. The minimum absolute atomic E-state index is 0.192. The van der Waals surface area contributed by atoms with Crippen LogP contribution in [0.5, 0.6) is 5.75 Å². The Kier molecular flexibility index (Phi) is 5.16. The molecule has 2 rings (SSSR count). The summed E-state index contributed by atoms with van der Waals surface area (Å²) in [6, 6.07) is 2.86. The number of hydrogen-bond acceptors (Lipinski definition) is 4. The summed E-state index contributed by atoms with van der Waals surface area (Å²) >= 11 is 0. The first-order chi connectivity index (χ1) is 9.76. The quantitative estimate of drug-likeness (QED) is 0.659. The van der Waals surface area contributed by atoms with Crippen molar-refractivity contribution in [1.82, 2.24) is 5.32 Å². The number of benzene rings is 1. The Morgan fingerprint density at radius 1 is 1.35 bits per heavy atom. The second-order valence-electron chi connectivity index (χ2n) is 4.46.